The normalized spacial score (nSPS) is 18.7. The van der Waals surface area contributed by atoms with Crippen molar-refractivity contribution >= 4 is 29.9 Å². The summed E-state index contributed by atoms with van der Waals surface area (Å²) in [7, 11) is 0. The molecule has 0 saturated carbocycles. The van der Waals surface area contributed by atoms with Crippen molar-refractivity contribution in [1.82, 2.24) is 20.4 Å². The van der Waals surface area contributed by atoms with Gasteiger partial charge in [-0.1, -0.05) is 16.8 Å². The third-order valence-electron chi connectivity index (χ3n) is 5.96. The zero-order valence-corrected chi connectivity index (χ0v) is 17.4. The topological polar surface area (TPSA) is 71.3 Å². The third kappa shape index (κ3) is 4.85. The van der Waals surface area contributed by atoms with Crippen molar-refractivity contribution in [3.8, 4) is 11.4 Å². The molecule has 0 unspecified atom stereocenters. The fraction of sp³-hybridized carbons (Fsp3) is 0.550. The van der Waals surface area contributed by atoms with E-state index in [9.17, 15) is 4.79 Å². The zero-order chi connectivity index (χ0) is 18.7. The van der Waals surface area contributed by atoms with Crippen LogP contribution in [0, 0.1) is 5.41 Å². The number of halogens is 2. The fourth-order valence-electron chi connectivity index (χ4n) is 4.13. The van der Waals surface area contributed by atoms with Gasteiger partial charge >= 0.3 is 0 Å². The summed E-state index contributed by atoms with van der Waals surface area (Å²) < 4.78 is 5.31. The molecule has 3 heterocycles. The van der Waals surface area contributed by atoms with Gasteiger partial charge in [0.2, 0.25) is 17.6 Å². The highest BCUT2D eigenvalue weighted by molar-refractivity contribution is 6.30. The van der Waals surface area contributed by atoms with Gasteiger partial charge in [-0.2, -0.15) is 4.98 Å². The number of benzene rings is 1. The molecule has 0 bridgehead atoms. The highest BCUT2D eigenvalue weighted by Gasteiger charge is 2.36. The van der Waals surface area contributed by atoms with Gasteiger partial charge in [-0.15, -0.1) is 12.4 Å². The van der Waals surface area contributed by atoms with E-state index in [1.165, 1.54) is 12.8 Å². The van der Waals surface area contributed by atoms with E-state index in [0.717, 1.165) is 44.6 Å². The second-order valence-electron chi connectivity index (χ2n) is 7.65. The molecule has 8 heteroatoms. The molecule has 2 aromatic rings. The Morgan fingerprint density at radius 2 is 1.82 bits per heavy atom. The Labute approximate surface area is 176 Å². The molecule has 2 aliphatic rings. The van der Waals surface area contributed by atoms with Crippen molar-refractivity contribution in [3.63, 3.8) is 0 Å². The number of carbonyl (C=O) groups excluding carboxylic acids is 1. The average Bonchev–Trinajstić information content (AvgIpc) is 3.17. The second-order valence-corrected chi connectivity index (χ2v) is 8.09. The molecule has 6 nitrogen and oxygen atoms in total. The Morgan fingerprint density at radius 1 is 1.14 bits per heavy atom. The molecule has 1 spiro atoms. The standard InChI is InChI=1S/C20H25ClN4O2.ClH/c21-16-3-1-15(2-4-16)19-23-17(27-24-19)5-6-18(26)25-13-9-20(10-14-25)7-11-22-12-8-20;/h1-4,22H,5-14H2;1H. The van der Waals surface area contributed by atoms with Crippen molar-refractivity contribution in [2.45, 2.75) is 38.5 Å². The van der Waals surface area contributed by atoms with Gasteiger partial charge in [0, 0.05) is 36.5 Å². The highest BCUT2D eigenvalue weighted by Crippen LogP contribution is 2.39. The van der Waals surface area contributed by atoms with Crippen molar-refractivity contribution < 1.29 is 9.32 Å². The van der Waals surface area contributed by atoms with Crippen molar-refractivity contribution in [1.29, 1.82) is 0 Å². The van der Waals surface area contributed by atoms with Crippen LogP contribution in [-0.2, 0) is 11.2 Å². The molecule has 0 radical (unpaired) electrons. The summed E-state index contributed by atoms with van der Waals surface area (Å²) >= 11 is 5.90. The summed E-state index contributed by atoms with van der Waals surface area (Å²) in [5.74, 6) is 1.21. The van der Waals surface area contributed by atoms with Crippen LogP contribution >= 0.6 is 24.0 Å². The van der Waals surface area contributed by atoms with Crippen LogP contribution in [0.4, 0.5) is 0 Å². The lowest BCUT2D eigenvalue weighted by Gasteiger charge is -2.44. The number of nitrogens with zero attached hydrogens (tertiary/aromatic N) is 3. The Kier molecular flexibility index (Phi) is 6.96. The molecule has 0 aliphatic carbocycles. The molecule has 2 aliphatic heterocycles. The number of carbonyl (C=O) groups is 1. The highest BCUT2D eigenvalue weighted by atomic mass is 35.5. The number of hydrogen-bond donors (Lipinski definition) is 1. The predicted octanol–water partition coefficient (Wildman–Crippen LogP) is 3.74. The van der Waals surface area contributed by atoms with Crippen LogP contribution in [0.15, 0.2) is 28.8 Å². The molecule has 1 aromatic heterocycles. The van der Waals surface area contributed by atoms with Gasteiger partial charge in [-0.25, -0.2) is 0 Å². The lowest BCUT2D eigenvalue weighted by molar-refractivity contribution is -0.133. The van der Waals surface area contributed by atoms with Crippen molar-refractivity contribution in [3.05, 3.63) is 35.2 Å². The Bertz CT molecular complexity index is 778. The number of aromatic nitrogens is 2. The largest absolute Gasteiger partial charge is 0.343 e. The van der Waals surface area contributed by atoms with Gasteiger partial charge in [0.1, 0.15) is 0 Å². The van der Waals surface area contributed by atoms with E-state index in [2.05, 4.69) is 15.5 Å². The maximum absolute atomic E-state index is 12.6. The number of hydrogen-bond acceptors (Lipinski definition) is 5. The predicted molar refractivity (Wildman–Crippen MR) is 111 cm³/mol. The van der Waals surface area contributed by atoms with E-state index < -0.39 is 0 Å². The number of piperidine rings is 2. The van der Waals surface area contributed by atoms with Crippen LogP contribution < -0.4 is 5.32 Å². The molecule has 1 N–H and O–H groups in total. The molecular formula is C20H26Cl2N4O2. The molecule has 1 amide bonds. The fourth-order valence-corrected chi connectivity index (χ4v) is 4.26. The minimum absolute atomic E-state index is 0. The summed E-state index contributed by atoms with van der Waals surface area (Å²) in [5.41, 5.74) is 1.31. The number of amides is 1. The van der Waals surface area contributed by atoms with Crippen molar-refractivity contribution in [2.24, 2.45) is 5.41 Å². The summed E-state index contributed by atoms with van der Waals surface area (Å²) in [6, 6.07) is 7.29. The van der Waals surface area contributed by atoms with E-state index in [1.54, 1.807) is 12.1 Å². The van der Waals surface area contributed by atoms with Gasteiger partial charge in [0.15, 0.2) is 0 Å². The van der Waals surface area contributed by atoms with E-state index >= 15 is 0 Å². The lowest BCUT2D eigenvalue weighted by atomic mass is 9.71. The van der Waals surface area contributed by atoms with Crippen LogP contribution in [0.2, 0.25) is 5.02 Å². The zero-order valence-electron chi connectivity index (χ0n) is 15.8. The molecule has 2 fully saturated rings. The molecule has 28 heavy (non-hydrogen) atoms. The van der Waals surface area contributed by atoms with Crippen molar-refractivity contribution in [2.75, 3.05) is 26.2 Å². The lowest BCUT2D eigenvalue weighted by Crippen LogP contribution is -2.47. The van der Waals surface area contributed by atoms with E-state index in [-0.39, 0.29) is 18.3 Å². The van der Waals surface area contributed by atoms with Crippen LogP contribution in [0.25, 0.3) is 11.4 Å². The van der Waals surface area contributed by atoms with E-state index in [4.69, 9.17) is 16.1 Å². The first-order valence-electron chi connectivity index (χ1n) is 9.71. The smallest absolute Gasteiger partial charge is 0.227 e. The summed E-state index contributed by atoms with van der Waals surface area (Å²) in [6.07, 6.45) is 5.63. The van der Waals surface area contributed by atoms with Gasteiger partial charge < -0.3 is 14.7 Å². The molecular weight excluding hydrogens is 399 g/mol. The quantitative estimate of drug-likeness (QED) is 0.808. The van der Waals surface area contributed by atoms with Crippen LogP contribution in [0.3, 0.4) is 0 Å². The van der Waals surface area contributed by atoms with Gasteiger partial charge in [0.25, 0.3) is 0 Å². The molecule has 4 rings (SSSR count). The van der Waals surface area contributed by atoms with E-state index in [0.29, 0.717) is 35.0 Å². The van der Waals surface area contributed by atoms with Gasteiger partial charge in [-0.05, 0) is 68.5 Å². The Morgan fingerprint density at radius 3 is 2.50 bits per heavy atom. The Hall–Kier alpha value is -1.63. The number of rotatable bonds is 4. The number of nitrogens with one attached hydrogen (secondary N) is 1. The third-order valence-corrected chi connectivity index (χ3v) is 6.22. The number of aryl methyl sites for hydroxylation is 1. The van der Waals surface area contributed by atoms with Gasteiger partial charge in [0.05, 0.1) is 0 Å². The molecule has 0 atom stereocenters. The maximum atomic E-state index is 12.6. The first-order chi connectivity index (χ1) is 13.1. The second kappa shape index (κ2) is 9.25. The SMILES string of the molecule is Cl.O=C(CCc1nc(-c2ccc(Cl)cc2)no1)N1CCC2(CCNCC2)CC1. The molecule has 152 valence electrons. The monoisotopic (exact) mass is 424 g/mol. The first-order valence-corrected chi connectivity index (χ1v) is 10.1. The number of likely N-dealkylation sites (tertiary alicyclic amines) is 1. The summed E-state index contributed by atoms with van der Waals surface area (Å²) in [4.78, 5) is 19.0. The average molecular weight is 425 g/mol. The van der Waals surface area contributed by atoms with Gasteiger partial charge in [-0.3, -0.25) is 4.79 Å². The molecule has 1 aromatic carbocycles. The minimum atomic E-state index is 0. The molecule has 2 saturated heterocycles. The first kappa shape index (κ1) is 21.1. The van der Waals surface area contributed by atoms with Crippen LogP contribution in [-0.4, -0.2) is 47.1 Å². The maximum Gasteiger partial charge on any atom is 0.227 e. The van der Waals surface area contributed by atoms with Crippen LogP contribution in [0.1, 0.15) is 38.0 Å². The van der Waals surface area contributed by atoms with E-state index in [1.807, 2.05) is 17.0 Å². The van der Waals surface area contributed by atoms with Crippen LogP contribution in [0.5, 0.6) is 0 Å². The summed E-state index contributed by atoms with van der Waals surface area (Å²) in [5, 5.41) is 8.11. The summed E-state index contributed by atoms with van der Waals surface area (Å²) in [6.45, 7) is 3.97. The minimum Gasteiger partial charge on any atom is -0.343 e. The Balaban J connectivity index is 0.00000225.